The second-order valence-electron chi connectivity index (χ2n) is 4.18. The van der Waals surface area contributed by atoms with Crippen LogP contribution in [0.3, 0.4) is 0 Å². The summed E-state index contributed by atoms with van der Waals surface area (Å²) in [5.74, 6) is 0. The Morgan fingerprint density at radius 1 is 1.07 bits per heavy atom. The van der Waals surface area contributed by atoms with E-state index in [1.165, 1.54) is 12.1 Å². The van der Waals surface area contributed by atoms with E-state index in [1.807, 2.05) is 0 Å². The summed E-state index contributed by atoms with van der Waals surface area (Å²) in [6.45, 7) is 3.23. The molecule has 0 heterocycles. The number of hydrogen-bond donors (Lipinski definition) is 1. The lowest BCUT2D eigenvalue weighted by Crippen LogP contribution is -2.21. The van der Waals surface area contributed by atoms with Crippen LogP contribution in [0, 0.1) is 0 Å². The minimum Gasteiger partial charge on any atom is -0.390 e. The van der Waals surface area contributed by atoms with Gasteiger partial charge in [-0.05, 0) is 31.5 Å². The van der Waals surface area contributed by atoms with Crippen LogP contribution < -0.4 is 0 Å². The molecule has 0 saturated carbocycles. The molecule has 15 heavy (non-hydrogen) atoms. The van der Waals surface area contributed by atoms with Crippen molar-refractivity contribution in [2.45, 2.75) is 32.0 Å². The van der Waals surface area contributed by atoms with E-state index in [0.29, 0.717) is 12.0 Å². The van der Waals surface area contributed by atoms with Gasteiger partial charge in [-0.25, -0.2) is 0 Å². The van der Waals surface area contributed by atoms with Crippen LogP contribution in [-0.4, -0.2) is 10.7 Å². The zero-order valence-electron chi connectivity index (χ0n) is 8.60. The van der Waals surface area contributed by atoms with Gasteiger partial charge in [0.15, 0.2) is 0 Å². The Kier molecular flexibility index (Phi) is 3.09. The summed E-state index contributed by atoms with van der Waals surface area (Å²) in [4.78, 5) is 0. The molecule has 0 amide bonds. The summed E-state index contributed by atoms with van der Waals surface area (Å²) in [6.07, 6.45) is -3.96. The zero-order chi connectivity index (χ0) is 11.7. The Bertz CT molecular complexity index is 319. The predicted molar refractivity (Wildman–Crippen MR) is 51.4 cm³/mol. The molecule has 1 N–H and O–H groups in total. The summed E-state index contributed by atoms with van der Waals surface area (Å²) < 4.78 is 36.6. The van der Waals surface area contributed by atoms with Gasteiger partial charge in [-0.2, -0.15) is 13.2 Å². The second kappa shape index (κ2) is 3.85. The maximum Gasteiger partial charge on any atom is 0.416 e. The van der Waals surface area contributed by atoms with Gasteiger partial charge in [-0.15, -0.1) is 0 Å². The van der Waals surface area contributed by atoms with Crippen LogP contribution in [0.1, 0.15) is 25.0 Å². The van der Waals surface area contributed by atoms with E-state index in [9.17, 15) is 18.3 Å². The predicted octanol–water partition coefficient (Wildman–Crippen LogP) is 3.02. The summed E-state index contributed by atoms with van der Waals surface area (Å²) in [6, 6.07) is 4.84. The average Bonchev–Trinajstić information content (AvgIpc) is 2.00. The van der Waals surface area contributed by atoms with Crippen molar-refractivity contribution in [3.05, 3.63) is 35.4 Å². The highest BCUT2D eigenvalue weighted by molar-refractivity contribution is 5.25. The molecule has 1 aromatic carbocycles. The third kappa shape index (κ3) is 3.91. The van der Waals surface area contributed by atoms with E-state index in [4.69, 9.17) is 0 Å². The van der Waals surface area contributed by atoms with E-state index in [-0.39, 0.29) is 0 Å². The topological polar surface area (TPSA) is 20.2 Å². The van der Waals surface area contributed by atoms with Crippen LogP contribution in [-0.2, 0) is 12.6 Å². The van der Waals surface area contributed by atoms with Gasteiger partial charge >= 0.3 is 6.18 Å². The summed E-state index contributed by atoms with van der Waals surface area (Å²) in [5, 5.41) is 9.48. The third-order valence-corrected chi connectivity index (χ3v) is 1.92. The highest BCUT2D eigenvalue weighted by Crippen LogP contribution is 2.29. The number of alkyl halides is 3. The average molecular weight is 218 g/mol. The fourth-order valence-electron chi connectivity index (χ4n) is 1.31. The normalized spacial score (nSPS) is 12.9. The lowest BCUT2D eigenvalue weighted by atomic mass is 9.98. The summed E-state index contributed by atoms with van der Waals surface area (Å²) in [5.41, 5.74) is -0.878. The highest BCUT2D eigenvalue weighted by atomic mass is 19.4. The van der Waals surface area contributed by atoms with Gasteiger partial charge in [0.25, 0.3) is 0 Å². The Morgan fingerprint density at radius 2 is 1.53 bits per heavy atom. The van der Waals surface area contributed by atoms with Crippen LogP contribution in [0.4, 0.5) is 13.2 Å². The minimum absolute atomic E-state index is 0.338. The van der Waals surface area contributed by atoms with Crippen molar-refractivity contribution in [2.24, 2.45) is 0 Å². The summed E-state index contributed by atoms with van der Waals surface area (Å²) >= 11 is 0. The molecule has 1 aromatic rings. The van der Waals surface area contributed by atoms with Crippen LogP contribution in [0.15, 0.2) is 24.3 Å². The van der Waals surface area contributed by atoms with Gasteiger partial charge in [-0.1, -0.05) is 12.1 Å². The van der Waals surface area contributed by atoms with Gasteiger partial charge in [0, 0.05) is 6.42 Å². The Hall–Kier alpha value is -1.03. The molecule has 0 aliphatic carbocycles. The van der Waals surface area contributed by atoms with Crippen molar-refractivity contribution < 1.29 is 18.3 Å². The van der Waals surface area contributed by atoms with Crippen molar-refractivity contribution in [3.63, 3.8) is 0 Å². The molecule has 0 aliphatic heterocycles. The first kappa shape index (κ1) is 12.0. The van der Waals surface area contributed by atoms with Crippen molar-refractivity contribution in [1.29, 1.82) is 0 Å². The molecule has 0 unspecified atom stereocenters. The second-order valence-corrected chi connectivity index (χ2v) is 4.18. The van der Waals surface area contributed by atoms with Crippen molar-refractivity contribution >= 4 is 0 Å². The van der Waals surface area contributed by atoms with E-state index in [2.05, 4.69) is 0 Å². The van der Waals surface area contributed by atoms with Gasteiger partial charge in [0.05, 0.1) is 11.2 Å². The molecule has 1 rings (SSSR count). The Balaban J connectivity index is 2.82. The molecule has 0 fully saturated rings. The maximum absolute atomic E-state index is 12.2. The molecule has 4 heteroatoms. The minimum atomic E-state index is -4.30. The molecule has 0 atom stereocenters. The number of rotatable bonds is 2. The third-order valence-electron chi connectivity index (χ3n) is 1.92. The fraction of sp³-hybridized carbons (Fsp3) is 0.455. The molecule has 84 valence electrons. The van der Waals surface area contributed by atoms with Gasteiger partial charge in [-0.3, -0.25) is 0 Å². The quantitative estimate of drug-likeness (QED) is 0.809. The summed E-state index contributed by atoms with van der Waals surface area (Å²) in [7, 11) is 0. The SMILES string of the molecule is CC(C)(O)Cc1ccc(C(F)(F)F)cc1. The van der Waals surface area contributed by atoms with Crippen LogP contribution in [0.2, 0.25) is 0 Å². The molecule has 0 spiro atoms. The van der Waals surface area contributed by atoms with Crippen LogP contribution in [0.5, 0.6) is 0 Å². The zero-order valence-corrected chi connectivity index (χ0v) is 8.60. The highest BCUT2D eigenvalue weighted by Gasteiger charge is 2.30. The molecule has 0 saturated heterocycles. The molecule has 0 radical (unpaired) electrons. The first-order valence-electron chi connectivity index (χ1n) is 4.57. The van der Waals surface area contributed by atoms with Crippen molar-refractivity contribution in [1.82, 2.24) is 0 Å². The standard InChI is InChI=1S/C11H13F3O/c1-10(2,15)7-8-3-5-9(6-4-8)11(12,13)14/h3-6,15H,7H2,1-2H3. The largest absolute Gasteiger partial charge is 0.416 e. The Labute approximate surface area is 86.5 Å². The van der Waals surface area contributed by atoms with E-state index >= 15 is 0 Å². The number of benzene rings is 1. The van der Waals surface area contributed by atoms with Crippen molar-refractivity contribution in [3.8, 4) is 0 Å². The maximum atomic E-state index is 12.2. The fourth-order valence-corrected chi connectivity index (χ4v) is 1.31. The van der Waals surface area contributed by atoms with E-state index in [0.717, 1.165) is 12.1 Å². The molecular formula is C11H13F3O. The number of halogens is 3. The lowest BCUT2D eigenvalue weighted by Gasteiger charge is -2.17. The van der Waals surface area contributed by atoms with Crippen molar-refractivity contribution in [2.75, 3.05) is 0 Å². The molecule has 0 bridgehead atoms. The first-order valence-corrected chi connectivity index (χ1v) is 4.57. The van der Waals surface area contributed by atoms with Crippen LogP contribution >= 0.6 is 0 Å². The molecule has 1 nitrogen and oxygen atoms in total. The number of aliphatic hydroxyl groups is 1. The molecular weight excluding hydrogens is 205 g/mol. The van der Waals surface area contributed by atoms with E-state index in [1.54, 1.807) is 13.8 Å². The smallest absolute Gasteiger partial charge is 0.390 e. The van der Waals surface area contributed by atoms with Gasteiger partial charge in [0.1, 0.15) is 0 Å². The van der Waals surface area contributed by atoms with Crippen LogP contribution in [0.25, 0.3) is 0 Å². The van der Waals surface area contributed by atoms with Gasteiger partial charge < -0.3 is 5.11 Å². The number of hydrogen-bond acceptors (Lipinski definition) is 1. The van der Waals surface area contributed by atoms with Gasteiger partial charge in [0.2, 0.25) is 0 Å². The lowest BCUT2D eigenvalue weighted by molar-refractivity contribution is -0.137. The Morgan fingerprint density at radius 3 is 1.87 bits per heavy atom. The first-order chi connectivity index (χ1) is 6.68. The monoisotopic (exact) mass is 218 g/mol. The van der Waals surface area contributed by atoms with E-state index < -0.39 is 17.3 Å². The molecule has 0 aromatic heterocycles. The molecule has 0 aliphatic rings.